The zero-order valence-corrected chi connectivity index (χ0v) is 14.7. The van der Waals surface area contributed by atoms with Gasteiger partial charge >= 0.3 is 24.2 Å². The van der Waals surface area contributed by atoms with Gasteiger partial charge in [-0.3, -0.25) is 9.59 Å². The maximum absolute atomic E-state index is 12.8. The van der Waals surface area contributed by atoms with Crippen LogP contribution in [0.4, 0.5) is 37.7 Å². The number of anilines is 2. The van der Waals surface area contributed by atoms with Gasteiger partial charge in [0.2, 0.25) is 0 Å². The SMILES string of the molecule is Cc1cc(Cl)ccc1NC(=O)C(=O)Nc1cc(C(F)(F)F)cc(C(F)(F)F)c1. The molecule has 0 aliphatic carbocycles. The maximum atomic E-state index is 12.8. The van der Waals surface area contributed by atoms with Crippen molar-refractivity contribution >= 4 is 34.8 Å². The molecule has 0 heterocycles. The molecule has 0 unspecified atom stereocenters. The quantitative estimate of drug-likeness (QED) is 0.510. The fourth-order valence-electron chi connectivity index (χ4n) is 2.16. The average Bonchev–Trinajstić information content (AvgIpc) is 2.55. The van der Waals surface area contributed by atoms with Crippen molar-refractivity contribution in [1.29, 1.82) is 0 Å². The Morgan fingerprint density at radius 3 is 1.79 bits per heavy atom. The van der Waals surface area contributed by atoms with Crippen molar-refractivity contribution in [3.63, 3.8) is 0 Å². The van der Waals surface area contributed by atoms with E-state index in [9.17, 15) is 35.9 Å². The second-order valence-corrected chi connectivity index (χ2v) is 6.10. The first kappa shape index (κ1) is 21.5. The van der Waals surface area contributed by atoms with E-state index in [1.807, 2.05) is 0 Å². The highest BCUT2D eigenvalue weighted by molar-refractivity contribution is 6.43. The molecule has 0 fully saturated rings. The lowest BCUT2D eigenvalue weighted by Crippen LogP contribution is -2.29. The molecule has 2 N–H and O–H groups in total. The number of hydrogen-bond acceptors (Lipinski definition) is 2. The van der Waals surface area contributed by atoms with Gasteiger partial charge in [-0.2, -0.15) is 26.3 Å². The molecular weight excluding hydrogens is 414 g/mol. The zero-order chi connectivity index (χ0) is 21.3. The highest BCUT2D eigenvalue weighted by atomic mass is 35.5. The van der Waals surface area contributed by atoms with Gasteiger partial charge in [-0.25, -0.2) is 0 Å². The van der Waals surface area contributed by atoms with Gasteiger partial charge in [0.15, 0.2) is 0 Å². The molecule has 2 amide bonds. The van der Waals surface area contributed by atoms with Crippen LogP contribution in [0.3, 0.4) is 0 Å². The molecule has 0 radical (unpaired) electrons. The van der Waals surface area contributed by atoms with E-state index in [1.165, 1.54) is 18.2 Å². The molecule has 11 heteroatoms. The Bertz CT molecular complexity index is 893. The lowest BCUT2D eigenvalue weighted by molar-refractivity contribution is -0.143. The van der Waals surface area contributed by atoms with Crippen molar-refractivity contribution < 1.29 is 35.9 Å². The van der Waals surface area contributed by atoms with Crippen LogP contribution in [-0.2, 0) is 21.9 Å². The highest BCUT2D eigenvalue weighted by Gasteiger charge is 2.37. The summed E-state index contributed by atoms with van der Waals surface area (Å²) in [5, 5.41) is 4.30. The summed E-state index contributed by atoms with van der Waals surface area (Å²) in [5.74, 6) is -2.72. The Labute approximate surface area is 159 Å². The number of nitrogens with one attached hydrogen (secondary N) is 2. The third-order valence-electron chi connectivity index (χ3n) is 3.49. The van der Waals surface area contributed by atoms with Crippen LogP contribution >= 0.6 is 11.6 Å². The molecule has 2 aromatic carbocycles. The first-order chi connectivity index (χ1) is 12.8. The summed E-state index contributed by atoms with van der Waals surface area (Å²) in [7, 11) is 0. The normalized spacial score (nSPS) is 11.9. The van der Waals surface area contributed by atoms with Crippen LogP contribution in [-0.4, -0.2) is 11.8 Å². The fourth-order valence-corrected chi connectivity index (χ4v) is 2.39. The van der Waals surface area contributed by atoms with E-state index >= 15 is 0 Å². The molecule has 2 rings (SSSR count). The number of amides is 2. The largest absolute Gasteiger partial charge is 0.416 e. The van der Waals surface area contributed by atoms with Crippen LogP contribution in [0.1, 0.15) is 16.7 Å². The predicted octanol–water partition coefficient (Wildman–Crippen LogP) is 5.26. The molecule has 0 spiro atoms. The molecule has 150 valence electrons. The van der Waals surface area contributed by atoms with Gasteiger partial charge in [0.25, 0.3) is 0 Å². The molecule has 28 heavy (non-hydrogen) atoms. The first-order valence-corrected chi connectivity index (χ1v) is 7.83. The Kier molecular flexibility index (Phi) is 5.93. The molecular formula is C17H11ClF6N2O2. The number of aryl methyl sites for hydroxylation is 1. The van der Waals surface area contributed by atoms with Gasteiger partial charge in [-0.1, -0.05) is 11.6 Å². The Balaban J connectivity index is 2.26. The summed E-state index contributed by atoms with van der Waals surface area (Å²) < 4.78 is 77.0. The molecule has 2 aromatic rings. The van der Waals surface area contributed by atoms with Gasteiger partial charge in [0.1, 0.15) is 0 Å². The number of rotatable bonds is 2. The molecule has 0 atom stereocenters. The van der Waals surface area contributed by atoms with Crippen molar-refractivity contribution in [3.05, 3.63) is 58.1 Å². The number of hydrogen-bond donors (Lipinski definition) is 2. The van der Waals surface area contributed by atoms with Gasteiger partial charge in [0, 0.05) is 16.4 Å². The summed E-state index contributed by atoms with van der Waals surface area (Å²) >= 11 is 5.75. The van der Waals surface area contributed by atoms with E-state index in [4.69, 9.17) is 11.6 Å². The van der Waals surface area contributed by atoms with Gasteiger partial charge in [-0.05, 0) is 48.9 Å². The Hall–Kier alpha value is -2.75. The van der Waals surface area contributed by atoms with E-state index in [1.54, 1.807) is 12.2 Å². The van der Waals surface area contributed by atoms with E-state index in [0.717, 1.165) is 0 Å². The van der Waals surface area contributed by atoms with Gasteiger partial charge in [-0.15, -0.1) is 0 Å². The predicted molar refractivity (Wildman–Crippen MR) is 89.9 cm³/mol. The Morgan fingerprint density at radius 1 is 0.821 bits per heavy atom. The van der Waals surface area contributed by atoms with Crippen LogP contribution < -0.4 is 10.6 Å². The number of carbonyl (C=O) groups excluding carboxylic acids is 2. The topological polar surface area (TPSA) is 58.2 Å². The summed E-state index contributed by atoms with van der Waals surface area (Å²) in [6.45, 7) is 1.57. The molecule has 0 aromatic heterocycles. The van der Waals surface area contributed by atoms with Crippen molar-refractivity contribution in [2.45, 2.75) is 19.3 Å². The molecule has 0 saturated carbocycles. The molecule has 4 nitrogen and oxygen atoms in total. The number of benzene rings is 2. The summed E-state index contributed by atoms with van der Waals surface area (Å²) in [6.07, 6.45) is -10.2. The molecule has 0 aliphatic heterocycles. The van der Waals surface area contributed by atoms with Crippen LogP contribution in [0.2, 0.25) is 5.02 Å². The number of alkyl halides is 6. The Morgan fingerprint density at radius 2 is 1.32 bits per heavy atom. The first-order valence-electron chi connectivity index (χ1n) is 7.45. The lowest BCUT2D eigenvalue weighted by Gasteiger charge is -2.15. The van der Waals surface area contributed by atoms with E-state index in [2.05, 4.69) is 5.32 Å². The van der Waals surface area contributed by atoms with Gasteiger partial charge in [0.05, 0.1) is 11.1 Å². The van der Waals surface area contributed by atoms with Crippen LogP contribution in [0.5, 0.6) is 0 Å². The minimum absolute atomic E-state index is 0.0905. The molecule has 0 bridgehead atoms. The van der Waals surface area contributed by atoms with Crippen molar-refractivity contribution in [3.8, 4) is 0 Å². The average molecular weight is 425 g/mol. The summed E-state index contributed by atoms with van der Waals surface area (Å²) in [4.78, 5) is 23.8. The monoisotopic (exact) mass is 424 g/mol. The number of carbonyl (C=O) groups is 2. The third kappa shape index (κ3) is 5.38. The van der Waals surface area contributed by atoms with Crippen LogP contribution in [0.25, 0.3) is 0 Å². The number of halogens is 7. The second kappa shape index (κ2) is 7.70. The third-order valence-corrected chi connectivity index (χ3v) is 3.72. The fraction of sp³-hybridized carbons (Fsp3) is 0.176. The standard InChI is InChI=1S/C17H11ClF6N2O2/c1-8-4-11(18)2-3-13(8)26-15(28)14(27)25-12-6-9(16(19,20)21)5-10(7-12)17(22,23)24/h2-7H,1H3,(H,25,27)(H,26,28). The smallest absolute Gasteiger partial charge is 0.318 e. The van der Waals surface area contributed by atoms with E-state index in [0.29, 0.717) is 22.7 Å². The highest BCUT2D eigenvalue weighted by Crippen LogP contribution is 2.37. The summed E-state index contributed by atoms with van der Waals surface area (Å²) in [5.41, 5.74) is -3.37. The van der Waals surface area contributed by atoms with Crippen LogP contribution in [0, 0.1) is 6.92 Å². The molecule has 0 aliphatic rings. The lowest BCUT2D eigenvalue weighted by atomic mass is 10.1. The van der Waals surface area contributed by atoms with Gasteiger partial charge < -0.3 is 10.6 Å². The molecule has 0 saturated heterocycles. The van der Waals surface area contributed by atoms with E-state index < -0.39 is 41.0 Å². The minimum Gasteiger partial charge on any atom is -0.318 e. The van der Waals surface area contributed by atoms with Crippen molar-refractivity contribution in [2.75, 3.05) is 10.6 Å². The maximum Gasteiger partial charge on any atom is 0.416 e. The van der Waals surface area contributed by atoms with Crippen molar-refractivity contribution in [1.82, 2.24) is 0 Å². The van der Waals surface area contributed by atoms with Crippen LogP contribution in [0.15, 0.2) is 36.4 Å². The second-order valence-electron chi connectivity index (χ2n) is 5.66. The minimum atomic E-state index is -5.08. The van der Waals surface area contributed by atoms with E-state index in [-0.39, 0.29) is 11.8 Å². The zero-order valence-electron chi connectivity index (χ0n) is 13.9. The van der Waals surface area contributed by atoms with Crippen molar-refractivity contribution in [2.24, 2.45) is 0 Å². The summed E-state index contributed by atoms with van der Waals surface area (Å²) in [6, 6.07) is 4.80.